The molecule has 2 unspecified atom stereocenters. The molecule has 3 atom stereocenters. The summed E-state index contributed by atoms with van der Waals surface area (Å²) in [6, 6.07) is 0. The van der Waals surface area contributed by atoms with Gasteiger partial charge in [0.2, 0.25) is 0 Å². The van der Waals surface area contributed by atoms with E-state index >= 15 is 0 Å². The summed E-state index contributed by atoms with van der Waals surface area (Å²) in [6.07, 6.45) is 9.24. The summed E-state index contributed by atoms with van der Waals surface area (Å²) in [4.78, 5) is 0. The highest BCUT2D eigenvalue weighted by molar-refractivity contribution is 4.81. The van der Waals surface area contributed by atoms with Crippen LogP contribution in [0.5, 0.6) is 0 Å². The van der Waals surface area contributed by atoms with E-state index in [4.69, 9.17) is 0 Å². The fraction of sp³-hybridized carbons (Fsp3) is 1.00. The van der Waals surface area contributed by atoms with Crippen LogP contribution in [0.25, 0.3) is 0 Å². The Morgan fingerprint density at radius 1 is 1.00 bits per heavy atom. The van der Waals surface area contributed by atoms with Gasteiger partial charge in [-0.2, -0.15) is 0 Å². The van der Waals surface area contributed by atoms with Crippen LogP contribution in [-0.2, 0) is 0 Å². The Hall–Kier alpha value is 0. The van der Waals surface area contributed by atoms with Gasteiger partial charge >= 0.3 is 0 Å². The van der Waals surface area contributed by atoms with Gasteiger partial charge < -0.3 is 0 Å². The minimum Gasteiger partial charge on any atom is -0.0622 e. The molecular formula is C10H18. The van der Waals surface area contributed by atoms with Crippen molar-refractivity contribution in [3.8, 4) is 0 Å². The van der Waals surface area contributed by atoms with Gasteiger partial charge in [0.15, 0.2) is 0 Å². The maximum atomic E-state index is 2.45. The number of rotatable bonds is 0. The van der Waals surface area contributed by atoms with Gasteiger partial charge in [-0.05, 0) is 24.2 Å². The Kier molecular flexibility index (Phi) is 1.71. The van der Waals surface area contributed by atoms with Crippen LogP contribution in [0.4, 0.5) is 0 Å². The Bertz CT molecular complexity index is 115. The largest absolute Gasteiger partial charge is 0.0622 e. The Morgan fingerprint density at radius 2 is 1.90 bits per heavy atom. The first-order chi connectivity index (χ1) is 4.86. The normalized spacial score (nSPS) is 47.1. The van der Waals surface area contributed by atoms with Gasteiger partial charge in [-0.1, -0.05) is 39.0 Å². The van der Waals surface area contributed by atoms with Crippen LogP contribution in [0, 0.1) is 17.8 Å². The van der Waals surface area contributed by atoms with E-state index in [1.54, 1.807) is 12.8 Å². The van der Waals surface area contributed by atoms with Crippen molar-refractivity contribution in [1.29, 1.82) is 0 Å². The van der Waals surface area contributed by atoms with Gasteiger partial charge in [0.25, 0.3) is 0 Å². The molecule has 0 amide bonds. The number of fused-ring (bicyclic) bond motifs is 2. The van der Waals surface area contributed by atoms with Crippen molar-refractivity contribution in [3.05, 3.63) is 0 Å². The van der Waals surface area contributed by atoms with Crippen LogP contribution in [-0.4, -0.2) is 0 Å². The van der Waals surface area contributed by atoms with E-state index in [2.05, 4.69) is 6.92 Å². The smallest absolute Gasteiger partial charge is 0.0386 e. The van der Waals surface area contributed by atoms with E-state index in [0.717, 1.165) is 17.8 Å². The number of hydrogen-bond acceptors (Lipinski definition) is 0. The van der Waals surface area contributed by atoms with Crippen LogP contribution in [0.15, 0.2) is 0 Å². The molecule has 2 aliphatic rings. The molecule has 2 saturated carbocycles. The van der Waals surface area contributed by atoms with Gasteiger partial charge in [-0.3, -0.25) is 0 Å². The van der Waals surface area contributed by atoms with Gasteiger partial charge in [-0.15, -0.1) is 0 Å². The SMILES string of the molecule is C[C@@H]1CCC2CCCC1C2. The molecule has 0 radical (unpaired) electrons. The highest BCUT2D eigenvalue weighted by atomic mass is 14.4. The molecule has 2 rings (SSSR count). The zero-order valence-corrected chi connectivity index (χ0v) is 6.97. The van der Waals surface area contributed by atoms with E-state index < -0.39 is 0 Å². The monoisotopic (exact) mass is 138 g/mol. The van der Waals surface area contributed by atoms with Crippen LogP contribution in [0.1, 0.15) is 45.4 Å². The van der Waals surface area contributed by atoms with Crippen molar-refractivity contribution in [2.24, 2.45) is 17.8 Å². The predicted molar refractivity (Wildman–Crippen MR) is 43.8 cm³/mol. The lowest BCUT2D eigenvalue weighted by Gasteiger charge is -2.38. The van der Waals surface area contributed by atoms with Gasteiger partial charge in [0.1, 0.15) is 0 Å². The molecule has 0 spiro atoms. The van der Waals surface area contributed by atoms with E-state index in [0.29, 0.717) is 0 Å². The molecule has 0 aromatic rings. The second kappa shape index (κ2) is 2.56. The molecule has 0 saturated heterocycles. The fourth-order valence-corrected chi connectivity index (χ4v) is 2.85. The topological polar surface area (TPSA) is 0 Å². The van der Waals surface area contributed by atoms with Crippen molar-refractivity contribution in [1.82, 2.24) is 0 Å². The average Bonchev–Trinajstić information content (AvgIpc) is 1.99. The van der Waals surface area contributed by atoms with Crippen LogP contribution < -0.4 is 0 Å². The lowest BCUT2D eigenvalue weighted by molar-refractivity contribution is 0.133. The molecular weight excluding hydrogens is 120 g/mol. The Morgan fingerprint density at radius 3 is 2.70 bits per heavy atom. The maximum Gasteiger partial charge on any atom is -0.0386 e. The summed E-state index contributed by atoms with van der Waals surface area (Å²) in [5, 5.41) is 0. The van der Waals surface area contributed by atoms with Gasteiger partial charge in [-0.25, -0.2) is 0 Å². The van der Waals surface area contributed by atoms with Crippen molar-refractivity contribution in [2.45, 2.75) is 45.4 Å². The molecule has 0 heterocycles. The van der Waals surface area contributed by atoms with Crippen LogP contribution in [0.2, 0.25) is 0 Å². The molecule has 2 bridgehead atoms. The lowest BCUT2D eigenvalue weighted by Crippen LogP contribution is -2.26. The van der Waals surface area contributed by atoms with E-state index in [9.17, 15) is 0 Å². The third-order valence-corrected chi connectivity index (χ3v) is 3.66. The lowest BCUT2D eigenvalue weighted by atomic mass is 9.67. The molecule has 0 aliphatic heterocycles. The highest BCUT2D eigenvalue weighted by Crippen LogP contribution is 2.42. The standard InChI is InChI=1S/C10H18/c1-8-5-6-9-3-2-4-10(8)7-9/h8-10H,2-7H2,1H3/t8-,9?,10?/m1/s1. The zero-order chi connectivity index (χ0) is 6.97. The summed E-state index contributed by atoms with van der Waals surface area (Å²) < 4.78 is 0. The summed E-state index contributed by atoms with van der Waals surface area (Å²) in [7, 11) is 0. The molecule has 0 nitrogen and oxygen atoms in total. The first-order valence-electron chi connectivity index (χ1n) is 4.86. The summed E-state index contributed by atoms with van der Waals surface area (Å²) in [6.45, 7) is 2.45. The maximum absolute atomic E-state index is 2.45. The summed E-state index contributed by atoms with van der Waals surface area (Å²) >= 11 is 0. The minimum absolute atomic E-state index is 1.05. The molecule has 0 heteroatoms. The molecule has 2 aliphatic carbocycles. The summed E-state index contributed by atoms with van der Waals surface area (Å²) in [5.41, 5.74) is 0. The van der Waals surface area contributed by atoms with Gasteiger partial charge in [0.05, 0.1) is 0 Å². The highest BCUT2D eigenvalue weighted by Gasteiger charge is 2.30. The molecule has 0 aromatic carbocycles. The van der Waals surface area contributed by atoms with Crippen LogP contribution >= 0.6 is 0 Å². The summed E-state index contributed by atoms with van der Waals surface area (Å²) in [5.74, 6) is 3.30. The zero-order valence-electron chi connectivity index (χ0n) is 6.97. The van der Waals surface area contributed by atoms with E-state index in [1.165, 1.54) is 25.7 Å². The van der Waals surface area contributed by atoms with Crippen molar-refractivity contribution in [3.63, 3.8) is 0 Å². The predicted octanol–water partition coefficient (Wildman–Crippen LogP) is 3.22. The molecule has 10 heavy (non-hydrogen) atoms. The molecule has 0 N–H and O–H groups in total. The van der Waals surface area contributed by atoms with Crippen molar-refractivity contribution < 1.29 is 0 Å². The quantitative estimate of drug-likeness (QED) is 0.482. The second-order valence-electron chi connectivity index (χ2n) is 4.35. The molecule has 58 valence electrons. The average molecular weight is 138 g/mol. The fourth-order valence-electron chi connectivity index (χ4n) is 2.85. The van der Waals surface area contributed by atoms with Crippen molar-refractivity contribution >= 4 is 0 Å². The van der Waals surface area contributed by atoms with E-state index in [1.807, 2.05) is 0 Å². The Labute approximate surface area is 64.0 Å². The molecule has 2 fully saturated rings. The molecule has 0 aromatic heterocycles. The third-order valence-electron chi connectivity index (χ3n) is 3.66. The van der Waals surface area contributed by atoms with Gasteiger partial charge in [0, 0.05) is 0 Å². The van der Waals surface area contributed by atoms with Crippen LogP contribution in [0.3, 0.4) is 0 Å². The van der Waals surface area contributed by atoms with E-state index in [-0.39, 0.29) is 0 Å². The van der Waals surface area contributed by atoms with Crippen molar-refractivity contribution in [2.75, 3.05) is 0 Å². The first-order valence-corrected chi connectivity index (χ1v) is 4.86. The first kappa shape index (κ1) is 6.69. The number of hydrogen-bond donors (Lipinski definition) is 0. The minimum atomic E-state index is 1.05. The Balaban J connectivity index is 2.00. The second-order valence-corrected chi connectivity index (χ2v) is 4.35. The third kappa shape index (κ3) is 1.09.